The summed E-state index contributed by atoms with van der Waals surface area (Å²) in [4.78, 5) is 15.0. The molecule has 2 aromatic carbocycles. The quantitative estimate of drug-likeness (QED) is 0.480. The van der Waals surface area contributed by atoms with Crippen LogP contribution in [0, 0.1) is 0 Å². The molecule has 31 heavy (non-hydrogen) atoms. The van der Waals surface area contributed by atoms with Crippen LogP contribution in [0.1, 0.15) is 53.6 Å². The number of fused-ring (bicyclic) bond motifs is 2. The number of aryl methyl sites for hydroxylation is 2. The van der Waals surface area contributed by atoms with Crippen LogP contribution in [0.5, 0.6) is 0 Å². The first kappa shape index (κ1) is 21.8. The fourth-order valence-electron chi connectivity index (χ4n) is 4.52. The summed E-state index contributed by atoms with van der Waals surface area (Å²) in [7, 11) is 0.368. The molecule has 2 amide bonds. The van der Waals surface area contributed by atoms with Gasteiger partial charge in [-0.3, -0.25) is 5.14 Å². The van der Waals surface area contributed by atoms with Gasteiger partial charge in [0, 0.05) is 16.6 Å². The minimum atomic E-state index is -3.63. The molecule has 0 saturated heterocycles. The third kappa shape index (κ3) is 4.46. The Kier molecular flexibility index (Phi) is 6.05. The largest absolute Gasteiger partial charge is 0.364 e. The van der Waals surface area contributed by atoms with Crippen LogP contribution in [0.2, 0.25) is 0 Å². The van der Waals surface area contributed by atoms with Crippen molar-refractivity contribution in [1.82, 2.24) is 4.90 Å². The van der Waals surface area contributed by atoms with Crippen molar-refractivity contribution >= 4 is 22.0 Å². The highest BCUT2D eigenvalue weighted by molar-refractivity contribution is 7.99. The van der Waals surface area contributed by atoms with Crippen molar-refractivity contribution in [2.75, 3.05) is 19.4 Å². The highest BCUT2D eigenvalue weighted by Crippen LogP contribution is 2.38. The molecule has 0 spiro atoms. The van der Waals surface area contributed by atoms with Crippen LogP contribution in [-0.4, -0.2) is 29.2 Å². The Morgan fingerprint density at radius 1 is 1.06 bits per heavy atom. The molecule has 0 radical (unpaired) electrons. The van der Waals surface area contributed by atoms with Gasteiger partial charge in [-0.1, -0.05) is 27.8 Å². The number of nitrogens with one attached hydrogen (secondary N) is 1. The van der Waals surface area contributed by atoms with Crippen LogP contribution in [-0.2, 0) is 36.0 Å². The molecule has 166 valence electrons. The monoisotopic (exact) mass is 441 g/mol. The van der Waals surface area contributed by atoms with Gasteiger partial charge in [-0.25, -0.2) is 9.00 Å². The molecule has 1 atom stereocenters. The Bertz CT molecular complexity index is 1050. The second-order valence-electron chi connectivity index (χ2n) is 8.71. The third-order valence-corrected chi connectivity index (χ3v) is 7.89. The fourth-order valence-corrected chi connectivity index (χ4v) is 5.42. The number of nitrogens with two attached hydrogens (primary N) is 1. The molecule has 0 saturated carbocycles. The van der Waals surface area contributed by atoms with Crippen molar-refractivity contribution in [1.29, 1.82) is 0 Å². The van der Waals surface area contributed by atoms with E-state index in [1.165, 1.54) is 22.3 Å². The van der Waals surface area contributed by atoms with Crippen LogP contribution in [0.15, 0.2) is 44.9 Å². The van der Waals surface area contributed by atoms with E-state index >= 15 is 0 Å². The van der Waals surface area contributed by atoms with E-state index in [1.54, 1.807) is 12.1 Å². The smallest absolute Gasteiger partial charge is 0.304 e. The standard InChI is InChI=1S/C23H31N5O2S/c1-15(28(2)3)16-10-12-19(13-11-16)31(24,30)27-26-23(29)25-22-20-8-4-6-17(20)14-18-7-5-9-21(18)22/h10-15,31H,4-9H2,1-3H3,(H2,24,30)(H,25,29)/b27-26+. The molecule has 4 rings (SSSR count). The van der Waals surface area contributed by atoms with Crippen molar-refractivity contribution < 1.29 is 9.00 Å². The molecule has 2 aromatic rings. The Hall–Kier alpha value is -2.42. The normalized spacial score (nSPS) is 17.1. The number of carbonyl (C=O) groups is 1. The van der Waals surface area contributed by atoms with Gasteiger partial charge in [0.25, 0.3) is 0 Å². The van der Waals surface area contributed by atoms with Gasteiger partial charge in [-0.2, -0.15) is 0 Å². The predicted octanol–water partition coefficient (Wildman–Crippen LogP) is 4.14. The Balaban J connectivity index is 1.50. The zero-order valence-corrected chi connectivity index (χ0v) is 19.3. The number of amides is 2. The molecule has 8 heteroatoms. The minimum Gasteiger partial charge on any atom is -0.304 e. The van der Waals surface area contributed by atoms with E-state index in [1.807, 2.05) is 26.2 Å². The van der Waals surface area contributed by atoms with Crippen LogP contribution in [0.25, 0.3) is 0 Å². The summed E-state index contributed by atoms with van der Waals surface area (Å²) in [6.07, 6.45) is 6.22. The van der Waals surface area contributed by atoms with E-state index in [-0.39, 0.29) is 6.04 Å². The molecule has 2 aliphatic rings. The van der Waals surface area contributed by atoms with Gasteiger partial charge in [-0.05, 0) is 99.5 Å². The highest BCUT2D eigenvalue weighted by Gasteiger charge is 2.25. The maximum atomic E-state index is 12.9. The number of benzene rings is 2. The number of anilines is 1. The van der Waals surface area contributed by atoms with Gasteiger partial charge in [0.05, 0.1) is 10.3 Å². The average molecular weight is 442 g/mol. The predicted molar refractivity (Wildman–Crippen MR) is 125 cm³/mol. The van der Waals surface area contributed by atoms with Gasteiger partial charge in [0.15, 0.2) is 0 Å². The van der Waals surface area contributed by atoms with Crippen LogP contribution in [0.4, 0.5) is 10.5 Å². The summed E-state index contributed by atoms with van der Waals surface area (Å²) in [5.74, 6) is 0. The molecule has 0 bridgehead atoms. The van der Waals surface area contributed by atoms with Gasteiger partial charge >= 0.3 is 6.03 Å². The van der Waals surface area contributed by atoms with Gasteiger partial charge < -0.3 is 10.2 Å². The van der Waals surface area contributed by atoms with Crippen molar-refractivity contribution in [2.24, 2.45) is 14.8 Å². The number of thiol groups is 1. The first-order valence-corrected chi connectivity index (χ1v) is 12.6. The Morgan fingerprint density at radius 2 is 1.65 bits per heavy atom. The summed E-state index contributed by atoms with van der Waals surface area (Å²) in [6.45, 7) is 2.08. The lowest BCUT2D eigenvalue weighted by Gasteiger charge is -2.21. The summed E-state index contributed by atoms with van der Waals surface area (Å²) >= 11 is 0. The average Bonchev–Trinajstić information content (AvgIpc) is 3.41. The highest BCUT2D eigenvalue weighted by atomic mass is 32.3. The molecule has 0 aromatic heterocycles. The second-order valence-corrected chi connectivity index (χ2v) is 10.6. The zero-order valence-electron chi connectivity index (χ0n) is 18.4. The van der Waals surface area contributed by atoms with Crippen LogP contribution < -0.4 is 10.5 Å². The van der Waals surface area contributed by atoms with E-state index < -0.39 is 16.3 Å². The number of urea groups is 1. The molecule has 0 fully saturated rings. The fraction of sp³-hybridized carbons (Fsp3) is 0.435. The van der Waals surface area contributed by atoms with Gasteiger partial charge in [0.2, 0.25) is 0 Å². The Labute approximate surface area is 184 Å². The number of hydrogen-bond acceptors (Lipinski definition) is 3. The maximum absolute atomic E-state index is 12.9. The number of hydrogen-bond donors (Lipinski definition) is 3. The third-order valence-electron chi connectivity index (χ3n) is 6.49. The van der Waals surface area contributed by atoms with Crippen LogP contribution >= 0.6 is 0 Å². The summed E-state index contributed by atoms with van der Waals surface area (Å²) in [6, 6.07) is 9.05. The first-order valence-electron chi connectivity index (χ1n) is 10.8. The molecule has 0 heterocycles. The van der Waals surface area contributed by atoms with Gasteiger partial charge in [0.1, 0.15) is 0 Å². The van der Waals surface area contributed by atoms with Crippen molar-refractivity contribution in [3.8, 4) is 0 Å². The summed E-state index contributed by atoms with van der Waals surface area (Å²) in [5, 5.41) is 12.6. The van der Waals surface area contributed by atoms with E-state index in [4.69, 9.17) is 5.14 Å². The summed E-state index contributed by atoms with van der Waals surface area (Å²) < 4.78 is 16.6. The van der Waals surface area contributed by atoms with E-state index in [9.17, 15) is 9.00 Å². The van der Waals surface area contributed by atoms with Gasteiger partial charge in [-0.15, -0.1) is 0 Å². The van der Waals surface area contributed by atoms with Crippen molar-refractivity contribution in [3.05, 3.63) is 58.1 Å². The van der Waals surface area contributed by atoms with Crippen LogP contribution in [0.3, 0.4) is 0 Å². The molecule has 7 nitrogen and oxygen atoms in total. The van der Waals surface area contributed by atoms with E-state index in [0.29, 0.717) is 4.90 Å². The summed E-state index contributed by atoms with van der Waals surface area (Å²) in [5.41, 5.74) is 7.04. The number of carbonyl (C=O) groups excluding carboxylic acids is 1. The Morgan fingerprint density at radius 3 is 2.19 bits per heavy atom. The molecule has 0 aliphatic heterocycles. The molecule has 1 unspecified atom stereocenters. The lowest BCUT2D eigenvalue weighted by Crippen LogP contribution is -2.21. The number of nitrogens with zero attached hydrogens (tertiary/aromatic N) is 3. The first-order chi connectivity index (χ1) is 14.8. The van der Waals surface area contributed by atoms with E-state index in [0.717, 1.165) is 49.8 Å². The van der Waals surface area contributed by atoms with E-state index in [2.05, 4.69) is 32.8 Å². The molecule has 3 N–H and O–H groups in total. The zero-order chi connectivity index (χ0) is 22.2. The second kappa shape index (κ2) is 8.61. The van der Waals surface area contributed by atoms with Crippen molar-refractivity contribution in [2.45, 2.75) is 56.4 Å². The molecular formula is C23H31N5O2S. The molecular weight excluding hydrogens is 410 g/mol. The lowest BCUT2D eigenvalue weighted by atomic mass is 9.99. The maximum Gasteiger partial charge on any atom is 0.364 e. The van der Waals surface area contributed by atoms with Crippen molar-refractivity contribution in [3.63, 3.8) is 0 Å². The molecule has 2 aliphatic carbocycles. The minimum absolute atomic E-state index is 0.216. The SMILES string of the molecule is CC(c1ccc([SH](N)(=O)/N=N/C(=O)Nc2c3c(cc4c2CCC4)CCC3)cc1)N(C)C. The topological polar surface area (TPSA) is 100 Å². The lowest BCUT2D eigenvalue weighted by molar-refractivity contribution is 0.258. The number of rotatable bonds is 5.